The molecule has 1 heterocycles. The van der Waals surface area contributed by atoms with Crippen LogP contribution in [0.15, 0.2) is 24.3 Å². The summed E-state index contributed by atoms with van der Waals surface area (Å²) in [6, 6.07) is 8.58. The van der Waals surface area contributed by atoms with Crippen LogP contribution >= 0.6 is 0 Å². The van der Waals surface area contributed by atoms with Crippen LogP contribution in [0, 0.1) is 0 Å². The number of hydrogen-bond acceptors (Lipinski definition) is 3. The Morgan fingerprint density at radius 2 is 2.06 bits per heavy atom. The van der Waals surface area contributed by atoms with E-state index in [1.54, 1.807) is 0 Å². The fourth-order valence-corrected chi connectivity index (χ4v) is 2.12. The molecule has 2 N–H and O–H groups in total. The summed E-state index contributed by atoms with van der Waals surface area (Å²) in [4.78, 5) is 13.5. The summed E-state index contributed by atoms with van der Waals surface area (Å²) < 4.78 is 0. The van der Waals surface area contributed by atoms with E-state index in [-0.39, 0.29) is 5.91 Å². The molecule has 1 aliphatic heterocycles. The molecule has 2 rings (SSSR count). The summed E-state index contributed by atoms with van der Waals surface area (Å²) in [5, 5.41) is 6.20. The number of amides is 1. The molecule has 1 amide bonds. The van der Waals surface area contributed by atoms with Crippen molar-refractivity contribution in [1.82, 2.24) is 10.6 Å². The Hall–Kier alpha value is -1.55. The van der Waals surface area contributed by atoms with Crippen molar-refractivity contribution in [3.8, 4) is 0 Å². The summed E-state index contributed by atoms with van der Waals surface area (Å²) in [7, 11) is 0. The highest BCUT2D eigenvalue weighted by Crippen LogP contribution is 2.16. The Morgan fingerprint density at radius 1 is 1.28 bits per heavy atom. The second-order valence-electron chi connectivity index (χ2n) is 4.53. The van der Waals surface area contributed by atoms with Crippen LogP contribution in [0.5, 0.6) is 0 Å². The van der Waals surface area contributed by atoms with Crippen LogP contribution in [0.1, 0.15) is 18.9 Å². The number of nitrogens with zero attached hydrogens (tertiary/aromatic N) is 1. The molecule has 1 saturated heterocycles. The largest absolute Gasteiger partial charge is 0.369 e. The monoisotopic (exact) mass is 247 g/mol. The van der Waals surface area contributed by atoms with Gasteiger partial charge in [-0.2, -0.15) is 0 Å². The van der Waals surface area contributed by atoms with Crippen molar-refractivity contribution in [2.24, 2.45) is 0 Å². The molecule has 0 bridgehead atoms. The van der Waals surface area contributed by atoms with Gasteiger partial charge in [-0.1, -0.05) is 19.1 Å². The molecule has 18 heavy (non-hydrogen) atoms. The minimum atomic E-state index is 0.154. The SMILES string of the molecule is CCNCc1ccc(N2CCNC(=O)CC2)cc1. The number of hydrogen-bond donors (Lipinski definition) is 2. The maximum Gasteiger partial charge on any atom is 0.221 e. The molecule has 4 nitrogen and oxygen atoms in total. The predicted molar refractivity (Wildman–Crippen MR) is 73.7 cm³/mol. The molecule has 1 aromatic rings. The van der Waals surface area contributed by atoms with Gasteiger partial charge in [0.2, 0.25) is 5.91 Å². The first-order chi connectivity index (χ1) is 8.79. The smallest absolute Gasteiger partial charge is 0.221 e. The third kappa shape index (κ3) is 3.47. The highest BCUT2D eigenvalue weighted by atomic mass is 16.1. The number of carbonyl (C=O) groups is 1. The lowest BCUT2D eigenvalue weighted by Gasteiger charge is -2.22. The minimum Gasteiger partial charge on any atom is -0.369 e. The van der Waals surface area contributed by atoms with Crippen molar-refractivity contribution in [2.75, 3.05) is 31.1 Å². The van der Waals surface area contributed by atoms with Gasteiger partial charge in [0.25, 0.3) is 0 Å². The normalized spacial score (nSPS) is 16.3. The minimum absolute atomic E-state index is 0.154. The summed E-state index contributed by atoms with van der Waals surface area (Å²) in [6.45, 7) is 6.43. The fourth-order valence-electron chi connectivity index (χ4n) is 2.12. The van der Waals surface area contributed by atoms with Crippen LogP contribution in [0.3, 0.4) is 0 Å². The molecule has 1 aromatic carbocycles. The van der Waals surface area contributed by atoms with E-state index < -0.39 is 0 Å². The Labute approximate surface area is 108 Å². The number of anilines is 1. The Kier molecular flexibility index (Phi) is 4.59. The Bertz CT molecular complexity index is 389. The second kappa shape index (κ2) is 6.40. The van der Waals surface area contributed by atoms with Crippen molar-refractivity contribution >= 4 is 11.6 Å². The van der Waals surface area contributed by atoms with Gasteiger partial charge in [0.15, 0.2) is 0 Å². The van der Waals surface area contributed by atoms with Crippen LogP contribution in [0.2, 0.25) is 0 Å². The molecule has 0 aliphatic carbocycles. The third-order valence-electron chi connectivity index (χ3n) is 3.19. The molecule has 0 atom stereocenters. The van der Waals surface area contributed by atoms with E-state index in [0.717, 1.165) is 32.7 Å². The average molecular weight is 247 g/mol. The molecule has 0 aromatic heterocycles. The molecule has 0 saturated carbocycles. The number of benzene rings is 1. The standard InChI is InChI=1S/C14H21N3O/c1-2-15-11-12-3-5-13(6-4-12)17-9-7-14(18)16-8-10-17/h3-6,15H,2,7-11H2,1H3,(H,16,18). The summed E-state index contributed by atoms with van der Waals surface area (Å²) >= 11 is 0. The lowest BCUT2D eigenvalue weighted by atomic mass is 10.2. The quantitative estimate of drug-likeness (QED) is 0.838. The Morgan fingerprint density at radius 3 is 2.78 bits per heavy atom. The van der Waals surface area contributed by atoms with Crippen molar-refractivity contribution in [1.29, 1.82) is 0 Å². The van der Waals surface area contributed by atoms with Crippen LogP contribution in [-0.4, -0.2) is 32.1 Å². The van der Waals surface area contributed by atoms with Gasteiger partial charge in [0.1, 0.15) is 0 Å². The molecule has 0 radical (unpaired) electrons. The van der Waals surface area contributed by atoms with Gasteiger partial charge in [0.05, 0.1) is 0 Å². The second-order valence-corrected chi connectivity index (χ2v) is 4.53. The van der Waals surface area contributed by atoms with Gasteiger partial charge >= 0.3 is 0 Å². The predicted octanol–water partition coefficient (Wildman–Crippen LogP) is 1.12. The van der Waals surface area contributed by atoms with Crippen LogP contribution in [-0.2, 0) is 11.3 Å². The summed E-state index contributed by atoms with van der Waals surface area (Å²) in [5.74, 6) is 0.154. The number of rotatable bonds is 4. The van der Waals surface area contributed by atoms with E-state index in [1.807, 2.05) is 0 Å². The van der Waals surface area contributed by atoms with Crippen LogP contribution < -0.4 is 15.5 Å². The van der Waals surface area contributed by atoms with Crippen LogP contribution in [0.25, 0.3) is 0 Å². The number of nitrogens with one attached hydrogen (secondary N) is 2. The lowest BCUT2D eigenvalue weighted by molar-refractivity contribution is -0.120. The molecule has 0 spiro atoms. The van der Waals surface area contributed by atoms with E-state index in [1.165, 1.54) is 11.3 Å². The van der Waals surface area contributed by atoms with Gasteiger partial charge in [-0.05, 0) is 24.2 Å². The Balaban J connectivity index is 1.97. The van der Waals surface area contributed by atoms with Gasteiger partial charge < -0.3 is 15.5 Å². The number of carbonyl (C=O) groups excluding carboxylic acids is 1. The van der Waals surface area contributed by atoms with E-state index in [9.17, 15) is 4.79 Å². The van der Waals surface area contributed by atoms with E-state index in [4.69, 9.17) is 0 Å². The lowest BCUT2D eigenvalue weighted by Crippen LogP contribution is -2.28. The molecule has 1 fully saturated rings. The van der Waals surface area contributed by atoms with E-state index in [2.05, 4.69) is 46.7 Å². The van der Waals surface area contributed by atoms with Gasteiger partial charge in [-0.15, -0.1) is 0 Å². The summed E-state index contributed by atoms with van der Waals surface area (Å²) in [5.41, 5.74) is 2.50. The summed E-state index contributed by atoms with van der Waals surface area (Å²) in [6.07, 6.45) is 0.582. The maximum atomic E-state index is 11.3. The maximum absolute atomic E-state index is 11.3. The highest BCUT2D eigenvalue weighted by Gasteiger charge is 2.13. The zero-order valence-corrected chi connectivity index (χ0v) is 10.9. The first kappa shape index (κ1) is 12.9. The highest BCUT2D eigenvalue weighted by molar-refractivity contribution is 5.77. The van der Waals surface area contributed by atoms with E-state index in [0.29, 0.717) is 6.42 Å². The molecule has 1 aliphatic rings. The fraction of sp³-hybridized carbons (Fsp3) is 0.500. The zero-order chi connectivity index (χ0) is 12.8. The third-order valence-corrected chi connectivity index (χ3v) is 3.19. The van der Waals surface area contributed by atoms with Gasteiger partial charge in [0, 0.05) is 38.3 Å². The van der Waals surface area contributed by atoms with Gasteiger partial charge in [-0.25, -0.2) is 0 Å². The topological polar surface area (TPSA) is 44.4 Å². The molecular weight excluding hydrogens is 226 g/mol. The van der Waals surface area contributed by atoms with E-state index >= 15 is 0 Å². The molecule has 0 unspecified atom stereocenters. The first-order valence-electron chi connectivity index (χ1n) is 6.61. The molecular formula is C14H21N3O. The van der Waals surface area contributed by atoms with Crippen molar-refractivity contribution in [3.63, 3.8) is 0 Å². The van der Waals surface area contributed by atoms with Crippen LogP contribution in [0.4, 0.5) is 5.69 Å². The van der Waals surface area contributed by atoms with Gasteiger partial charge in [-0.3, -0.25) is 4.79 Å². The van der Waals surface area contributed by atoms with Crippen molar-refractivity contribution in [3.05, 3.63) is 29.8 Å². The zero-order valence-electron chi connectivity index (χ0n) is 10.9. The van der Waals surface area contributed by atoms with Crippen molar-refractivity contribution in [2.45, 2.75) is 19.9 Å². The average Bonchev–Trinajstić information content (AvgIpc) is 2.62. The molecule has 98 valence electrons. The first-order valence-corrected chi connectivity index (χ1v) is 6.61. The van der Waals surface area contributed by atoms with Crippen molar-refractivity contribution < 1.29 is 4.79 Å². The molecule has 4 heteroatoms.